The van der Waals surface area contributed by atoms with Gasteiger partial charge in [0.2, 0.25) is 0 Å². The Morgan fingerprint density at radius 2 is 1.77 bits per heavy atom. The number of methoxy groups -OCH3 is 1. The number of alkyl carbamates (subject to hydrolysis) is 1. The standard InChI is InChI=1S/C19H18F3N3O3.C2H6.2H2/c1-10-3-6-15(14(21)7-10)24-17-12(4-5-13(20)16(17)22)18(26)25-8-11(9-25)23-19(27)28-2;1-2;;/h3-7,11,24H,8-9H2,1-2H3,(H,23,27);1-2H3;2*1H. The zero-order valence-electron chi connectivity index (χ0n) is 17.2. The minimum absolute atomic E-state index is 0. The predicted molar refractivity (Wildman–Crippen MR) is 112 cm³/mol. The summed E-state index contributed by atoms with van der Waals surface area (Å²) in [5.41, 5.74) is -0.0192. The van der Waals surface area contributed by atoms with Crippen molar-refractivity contribution in [2.45, 2.75) is 26.8 Å². The number of benzene rings is 2. The third kappa shape index (κ3) is 5.03. The minimum Gasteiger partial charge on any atom is -0.453 e. The Kier molecular flexibility index (Phi) is 7.68. The molecule has 0 saturated carbocycles. The second-order valence-electron chi connectivity index (χ2n) is 6.44. The summed E-state index contributed by atoms with van der Waals surface area (Å²) in [5.74, 6) is -3.68. The first-order chi connectivity index (χ1) is 14.3. The fourth-order valence-corrected chi connectivity index (χ4v) is 2.84. The summed E-state index contributed by atoms with van der Waals surface area (Å²) < 4.78 is 46.7. The van der Waals surface area contributed by atoms with Gasteiger partial charge in [0, 0.05) is 15.9 Å². The van der Waals surface area contributed by atoms with Gasteiger partial charge in [-0.05, 0) is 36.8 Å². The molecule has 1 aliphatic heterocycles. The van der Waals surface area contributed by atoms with Gasteiger partial charge in [0.25, 0.3) is 5.91 Å². The number of nitrogens with zero attached hydrogens (tertiary/aromatic N) is 1. The molecule has 166 valence electrons. The minimum atomic E-state index is -1.28. The number of nitrogens with one attached hydrogen (secondary N) is 2. The van der Waals surface area contributed by atoms with E-state index >= 15 is 0 Å². The molecule has 3 rings (SSSR count). The second-order valence-corrected chi connectivity index (χ2v) is 6.44. The lowest BCUT2D eigenvalue weighted by atomic mass is 10.0. The zero-order chi connectivity index (χ0) is 22.4. The number of amides is 2. The molecule has 9 heteroatoms. The van der Waals surface area contributed by atoms with E-state index in [-0.39, 0.29) is 33.2 Å². The Hall–Kier alpha value is -3.23. The summed E-state index contributed by atoms with van der Waals surface area (Å²) >= 11 is 0. The molecule has 0 aliphatic carbocycles. The van der Waals surface area contributed by atoms with Gasteiger partial charge in [0.15, 0.2) is 11.6 Å². The number of aryl methyl sites for hydroxylation is 1. The number of anilines is 2. The van der Waals surface area contributed by atoms with E-state index in [1.54, 1.807) is 13.0 Å². The number of rotatable bonds is 4. The smallest absolute Gasteiger partial charge is 0.407 e. The molecule has 2 aromatic rings. The highest BCUT2D eigenvalue weighted by Crippen LogP contribution is 2.30. The predicted octanol–water partition coefficient (Wildman–Crippen LogP) is 4.85. The van der Waals surface area contributed by atoms with Crippen molar-refractivity contribution in [1.82, 2.24) is 10.2 Å². The molecule has 1 saturated heterocycles. The lowest BCUT2D eigenvalue weighted by Crippen LogP contribution is -2.61. The summed E-state index contributed by atoms with van der Waals surface area (Å²) in [5, 5.41) is 5.02. The molecule has 1 fully saturated rings. The molecule has 2 amide bonds. The molecule has 0 aromatic heterocycles. The highest BCUT2D eigenvalue weighted by Gasteiger charge is 2.34. The molecule has 0 atom stereocenters. The first kappa shape index (κ1) is 23.1. The van der Waals surface area contributed by atoms with E-state index in [0.29, 0.717) is 5.56 Å². The maximum Gasteiger partial charge on any atom is 0.407 e. The largest absolute Gasteiger partial charge is 0.453 e. The van der Waals surface area contributed by atoms with Gasteiger partial charge in [-0.25, -0.2) is 18.0 Å². The van der Waals surface area contributed by atoms with Crippen LogP contribution < -0.4 is 10.6 Å². The van der Waals surface area contributed by atoms with Gasteiger partial charge in [-0.15, -0.1) is 0 Å². The van der Waals surface area contributed by atoms with Crippen LogP contribution in [0.2, 0.25) is 0 Å². The molecule has 0 spiro atoms. The van der Waals surface area contributed by atoms with Gasteiger partial charge in [-0.2, -0.15) is 0 Å². The van der Waals surface area contributed by atoms with Crippen LogP contribution in [0.5, 0.6) is 0 Å². The van der Waals surface area contributed by atoms with Gasteiger partial charge in [-0.3, -0.25) is 4.79 Å². The van der Waals surface area contributed by atoms with E-state index < -0.39 is 35.1 Å². The quantitative estimate of drug-likeness (QED) is 0.732. The second kappa shape index (κ2) is 10.00. The summed E-state index contributed by atoms with van der Waals surface area (Å²) in [6.45, 7) is 6.06. The summed E-state index contributed by atoms with van der Waals surface area (Å²) in [6, 6.07) is 5.89. The molecular weight excluding hydrogens is 399 g/mol. The molecule has 30 heavy (non-hydrogen) atoms. The highest BCUT2D eigenvalue weighted by molar-refractivity contribution is 6.01. The van der Waals surface area contributed by atoms with Crippen LogP contribution in [-0.2, 0) is 4.74 Å². The van der Waals surface area contributed by atoms with Crippen LogP contribution in [0.3, 0.4) is 0 Å². The van der Waals surface area contributed by atoms with Crippen molar-refractivity contribution in [3.63, 3.8) is 0 Å². The fourth-order valence-electron chi connectivity index (χ4n) is 2.84. The van der Waals surface area contributed by atoms with Crippen molar-refractivity contribution in [2.24, 2.45) is 0 Å². The number of hydrogen-bond donors (Lipinski definition) is 2. The van der Waals surface area contributed by atoms with Crippen molar-refractivity contribution in [3.05, 3.63) is 58.9 Å². The van der Waals surface area contributed by atoms with E-state index in [0.717, 1.165) is 12.1 Å². The lowest BCUT2D eigenvalue weighted by molar-refractivity contribution is 0.0559. The van der Waals surface area contributed by atoms with Crippen molar-refractivity contribution in [2.75, 3.05) is 25.5 Å². The van der Waals surface area contributed by atoms with Crippen LogP contribution in [0.15, 0.2) is 30.3 Å². The first-order valence-corrected chi connectivity index (χ1v) is 9.45. The van der Waals surface area contributed by atoms with E-state index in [1.807, 2.05) is 13.8 Å². The number of carbonyl (C=O) groups is 2. The topological polar surface area (TPSA) is 70.7 Å². The maximum atomic E-state index is 14.4. The molecule has 0 radical (unpaired) electrons. The van der Waals surface area contributed by atoms with Crippen LogP contribution in [-0.4, -0.2) is 43.1 Å². The first-order valence-electron chi connectivity index (χ1n) is 9.45. The third-order valence-corrected chi connectivity index (χ3v) is 4.39. The van der Waals surface area contributed by atoms with Gasteiger partial charge >= 0.3 is 6.09 Å². The number of hydrogen-bond acceptors (Lipinski definition) is 4. The number of ether oxygens (including phenoxy) is 1. The van der Waals surface area contributed by atoms with Gasteiger partial charge in [0.05, 0.1) is 30.1 Å². The molecule has 1 aliphatic rings. The van der Waals surface area contributed by atoms with Crippen molar-refractivity contribution in [1.29, 1.82) is 0 Å². The van der Waals surface area contributed by atoms with E-state index in [4.69, 9.17) is 0 Å². The molecule has 0 unspecified atom stereocenters. The SMILES string of the molecule is CC.COC(=O)NC1CN(C(=O)c2ccc(F)c(F)c2Nc2ccc(C)cc2F)C1.[HH].[HH]. The van der Waals surface area contributed by atoms with Crippen molar-refractivity contribution >= 4 is 23.4 Å². The van der Waals surface area contributed by atoms with E-state index in [9.17, 15) is 22.8 Å². The van der Waals surface area contributed by atoms with Gasteiger partial charge in [0.1, 0.15) is 5.82 Å². The Morgan fingerprint density at radius 3 is 2.37 bits per heavy atom. The highest BCUT2D eigenvalue weighted by atomic mass is 19.2. The van der Waals surface area contributed by atoms with E-state index in [1.165, 1.54) is 24.1 Å². The normalized spacial score (nSPS) is 13.0. The Labute approximate surface area is 176 Å². The van der Waals surface area contributed by atoms with Gasteiger partial charge < -0.3 is 20.3 Å². The van der Waals surface area contributed by atoms with Crippen molar-refractivity contribution in [3.8, 4) is 0 Å². The average Bonchev–Trinajstić information content (AvgIpc) is 2.70. The molecular formula is C21H28F3N3O3. The average molecular weight is 427 g/mol. The van der Waals surface area contributed by atoms with Crippen LogP contribution >= 0.6 is 0 Å². The van der Waals surface area contributed by atoms with Crippen molar-refractivity contribution < 1.29 is 30.4 Å². The molecule has 6 nitrogen and oxygen atoms in total. The molecule has 1 heterocycles. The number of carbonyl (C=O) groups excluding carboxylic acids is 2. The van der Waals surface area contributed by atoms with Crippen LogP contribution in [0.1, 0.15) is 32.6 Å². The Balaban J connectivity index is 0.00000234. The summed E-state index contributed by atoms with van der Waals surface area (Å²) in [6.07, 6.45) is -0.623. The van der Waals surface area contributed by atoms with E-state index in [2.05, 4.69) is 15.4 Å². The van der Waals surface area contributed by atoms with Crippen LogP contribution in [0.25, 0.3) is 0 Å². The third-order valence-electron chi connectivity index (χ3n) is 4.39. The number of likely N-dealkylation sites (tertiary alicyclic amines) is 1. The van der Waals surface area contributed by atoms with Gasteiger partial charge in [-0.1, -0.05) is 19.9 Å². The zero-order valence-corrected chi connectivity index (χ0v) is 17.2. The molecule has 0 bridgehead atoms. The molecule has 2 N–H and O–H groups in total. The monoisotopic (exact) mass is 427 g/mol. The number of halogens is 3. The summed E-state index contributed by atoms with van der Waals surface area (Å²) in [7, 11) is 1.22. The molecule has 2 aromatic carbocycles. The summed E-state index contributed by atoms with van der Waals surface area (Å²) in [4.78, 5) is 25.2. The lowest BCUT2D eigenvalue weighted by Gasteiger charge is -2.39. The van der Waals surface area contributed by atoms with Crippen LogP contribution in [0, 0.1) is 24.4 Å². The Morgan fingerprint density at radius 1 is 1.10 bits per heavy atom. The van der Waals surface area contributed by atoms with Crippen LogP contribution in [0.4, 0.5) is 29.3 Å². The maximum absolute atomic E-state index is 14.4. The Bertz CT molecular complexity index is 942. The fraction of sp³-hybridized carbons (Fsp3) is 0.333.